The molecule has 12 heteroatoms. The Morgan fingerprint density at radius 1 is 1.14 bits per heavy atom. The van der Waals surface area contributed by atoms with Crippen LogP contribution in [-0.2, 0) is 16.1 Å². The van der Waals surface area contributed by atoms with Gasteiger partial charge >= 0.3 is 0 Å². The molecule has 3 aromatic rings. The molecule has 2 unspecified atom stereocenters. The van der Waals surface area contributed by atoms with E-state index in [2.05, 4.69) is 20.6 Å². The van der Waals surface area contributed by atoms with Gasteiger partial charge in [0.25, 0.3) is 5.91 Å². The zero-order chi connectivity index (χ0) is 26.1. The van der Waals surface area contributed by atoms with Crippen molar-refractivity contribution in [2.24, 2.45) is 5.73 Å². The van der Waals surface area contributed by atoms with E-state index in [-0.39, 0.29) is 25.2 Å². The number of hydrogen-bond acceptors (Lipinski definition) is 7. The molecular formula is C25H28FN7O4. The van der Waals surface area contributed by atoms with Crippen LogP contribution in [0.1, 0.15) is 42.6 Å². The number of halogens is 1. The highest BCUT2D eigenvalue weighted by Crippen LogP contribution is 2.27. The van der Waals surface area contributed by atoms with Crippen LogP contribution >= 0.6 is 0 Å². The van der Waals surface area contributed by atoms with Gasteiger partial charge < -0.3 is 21.1 Å². The number of benzene rings is 1. The number of aromatic nitrogens is 4. The van der Waals surface area contributed by atoms with Gasteiger partial charge in [0.2, 0.25) is 11.8 Å². The molecule has 1 saturated heterocycles. The summed E-state index contributed by atoms with van der Waals surface area (Å²) in [5, 5.41) is 25.4. The summed E-state index contributed by atoms with van der Waals surface area (Å²) in [6.45, 7) is -0.520. The maximum Gasteiger partial charge on any atom is 0.269 e. The van der Waals surface area contributed by atoms with Gasteiger partial charge in [0.05, 0.1) is 36.6 Å². The minimum atomic E-state index is -1.34. The summed E-state index contributed by atoms with van der Waals surface area (Å²) < 4.78 is 15.7. The first kappa shape index (κ1) is 24.8. The largest absolute Gasteiger partial charge is 0.391 e. The van der Waals surface area contributed by atoms with Gasteiger partial charge in [0, 0.05) is 17.4 Å². The van der Waals surface area contributed by atoms with E-state index in [4.69, 9.17) is 5.73 Å². The third-order valence-electron chi connectivity index (χ3n) is 7.12. The van der Waals surface area contributed by atoms with Crippen LogP contribution in [0.3, 0.4) is 0 Å². The number of carbonyl (C=O) groups excluding carboxylic acids is 3. The average molecular weight is 510 g/mol. The van der Waals surface area contributed by atoms with E-state index >= 15 is 0 Å². The van der Waals surface area contributed by atoms with E-state index < -0.39 is 42.1 Å². The molecule has 3 amide bonds. The molecule has 2 fully saturated rings. The molecule has 3 heterocycles. The van der Waals surface area contributed by atoms with E-state index in [0.717, 1.165) is 24.0 Å². The van der Waals surface area contributed by atoms with Crippen molar-refractivity contribution in [2.45, 2.75) is 63.0 Å². The predicted molar refractivity (Wildman–Crippen MR) is 131 cm³/mol. The summed E-state index contributed by atoms with van der Waals surface area (Å²) in [5.41, 5.74) is 7.59. The molecule has 2 aliphatic rings. The van der Waals surface area contributed by atoms with Crippen LogP contribution in [0.2, 0.25) is 0 Å². The SMILES string of the molecule is NC(=O)c1nn(CC(=O)N2C[C@H](F)C[C@H]2C(=O)NC2CCCCC2O)c2ccc(-c3ccnnc3)cc12. The number of carbonyl (C=O) groups is 3. The summed E-state index contributed by atoms with van der Waals surface area (Å²) in [7, 11) is 0. The highest BCUT2D eigenvalue weighted by Gasteiger charge is 2.41. The Balaban J connectivity index is 1.38. The van der Waals surface area contributed by atoms with Gasteiger partial charge in [-0.25, -0.2) is 4.39 Å². The fourth-order valence-electron chi connectivity index (χ4n) is 5.21. The second-order valence-electron chi connectivity index (χ2n) is 9.60. The van der Waals surface area contributed by atoms with Crippen molar-refractivity contribution in [2.75, 3.05) is 6.54 Å². The third-order valence-corrected chi connectivity index (χ3v) is 7.12. The van der Waals surface area contributed by atoms with Gasteiger partial charge in [0.1, 0.15) is 18.8 Å². The fourth-order valence-corrected chi connectivity index (χ4v) is 5.21. The van der Waals surface area contributed by atoms with Gasteiger partial charge in [-0.3, -0.25) is 19.1 Å². The molecule has 37 heavy (non-hydrogen) atoms. The summed E-state index contributed by atoms with van der Waals surface area (Å²) in [6, 6.07) is 5.62. The number of amides is 3. The van der Waals surface area contributed by atoms with Crippen molar-refractivity contribution in [1.82, 2.24) is 30.2 Å². The molecule has 5 rings (SSSR count). The lowest BCUT2D eigenvalue weighted by atomic mass is 9.92. The van der Waals surface area contributed by atoms with Gasteiger partial charge in [-0.15, -0.1) is 0 Å². The van der Waals surface area contributed by atoms with Crippen LogP contribution in [0.4, 0.5) is 4.39 Å². The molecule has 0 radical (unpaired) electrons. The second-order valence-corrected chi connectivity index (χ2v) is 9.60. The van der Waals surface area contributed by atoms with E-state index in [1.807, 2.05) is 0 Å². The van der Waals surface area contributed by atoms with Crippen LogP contribution in [0, 0.1) is 0 Å². The minimum absolute atomic E-state index is 0.00275. The molecule has 194 valence electrons. The van der Waals surface area contributed by atoms with Gasteiger partial charge in [-0.05, 0) is 36.6 Å². The van der Waals surface area contributed by atoms with Crippen molar-refractivity contribution in [3.63, 3.8) is 0 Å². The first-order valence-electron chi connectivity index (χ1n) is 12.3. The van der Waals surface area contributed by atoms with Crippen LogP contribution in [0.5, 0.6) is 0 Å². The molecule has 1 saturated carbocycles. The quantitative estimate of drug-likeness (QED) is 0.447. The fraction of sp³-hybridized carbons (Fsp3) is 0.440. The van der Waals surface area contributed by atoms with Gasteiger partial charge in [-0.1, -0.05) is 18.9 Å². The van der Waals surface area contributed by atoms with Crippen LogP contribution in [0.15, 0.2) is 36.7 Å². The number of primary amides is 1. The van der Waals surface area contributed by atoms with Crippen molar-refractivity contribution in [1.29, 1.82) is 0 Å². The molecule has 4 atom stereocenters. The minimum Gasteiger partial charge on any atom is -0.391 e. The Morgan fingerprint density at radius 3 is 2.68 bits per heavy atom. The van der Waals surface area contributed by atoms with Crippen LogP contribution in [-0.4, -0.2) is 78.6 Å². The number of rotatable bonds is 6. The molecule has 2 aromatic heterocycles. The number of nitrogens with zero attached hydrogens (tertiary/aromatic N) is 5. The Labute approximate surface area is 211 Å². The second kappa shape index (κ2) is 10.2. The maximum atomic E-state index is 14.4. The molecular weight excluding hydrogens is 481 g/mol. The number of aliphatic hydroxyl groups excluding tert-OH is 1. The number of likely N-dealkylation sites (tertiary alicyclic amines) is 1. The van der Waals surface area contributed by atoms with E-state index in [0.29, 0.717) is 23.7 Å². The molecule has 1 aliphatic heterocycles. The van der Waals surface area contributed by atoms with Crippen molar-refractivity contribution < 1.29 is 23.9 Å². The average Bonchev–Trinajstić information content (AvgIpc) is 3.46. The number of hydrogen-bond donors (Lipinski definition) is 3. The number of nitrogens with two attached hydrogens (primary N) is 1. The lowest BCUT2D eigenvalue weighted by molar-refractivity contribution is -0.139. The normalized spacial score (nSPS) is 23.8. The zero-order valence-corrected chi connectivity index (χ0v) is 20.1. The number of fused-ring (bicyclic) bond motifs is 1. The third kappa shape index (κ3) is 5.01. The van der Waals surface area contributed by atoms with Gasteiger partial charge in [0.15, 0.2) is 5.69 Å². The number of nitrogens with one attached hydrogen (secondary N) is 1. The lowest BCUT2D eigenvalue weighted by Crippen LogP contribution is -2.53. The molecule has 11 nitrogen and oxygen atoms in total. The highest BCUT2D eigenvalue weighted by atomic mass is 19.1. The Kier molecular flexibility index (Phi) is 6.83. The zero-order valence-electron chi connectivity index (χ0n) is 20.1. The van der Waals surface area contributed by atoms with Crippen LogP contribution in [0.25, 0.3) is 22.0 Å². The summed E-state index contributed by atoms with van der Waals surface area (Å²) in [5.74, 6) is -1.74. The first-order valence-corrected chi connectivity index (χ1v) is 12.3. The van der Waals surface area contributed by atoms with Crippen molar-refractivity contribution >= 4 is 28.6 Å². The summed E-state index contributed by atoms with van der Waals surface area (Å²) in [6.07, 6.45) is 4.02. The topological polar surface area (TPSA) is 156 Å². The summed E-state index contributed by atoms with van der Waals surface area (Å²) >= 11 is 0. The van der Waals surface area contributed by atoms with E-state index in [1.54, 1.807) is 36.7 Å². The Bertz CT molecular complexity index is 1330. The maximum absolute atomic E-state index is 14.4. The van der Waals surface area contributed by atoms with E-state index in [9.17, 15) is 23.9 Å². The lowest BCUT2D eigenvalue weighted by Gasteiger charge is -2.31. The molecule has 0 spiro atoms. The Hall–Kier alpha value is -3.93. The first-order chi connectivity index (χ1) is 17.8. The standard InChI is InChI=1S/C25H28FN7O4/c26-16-10-20(25(37)30-18-3-1-2-4-21(18)34)32(12-16)22(35)13-33-19-6-5-14(15-7-8-28-29-11-15)9-17(19)23(31-33)24(27)36/h5-9,11,16,18,20-21,34H,1-4,10,12-13H2,(H2,27,36)(H,30,37)/t16-,18?,20+,21?/m1/s1. The molecule has 1 aromatic carbocycles. The molecule has 4 N–H and O–H groups in total. The van der Waals surface area contributed by atoms with Crippen molar-refractivity contribution in [3.8, 4) is 11.1 Å². The Morgan fingerprint density at radius 2 is 1.95 bits per heavy atom. The predicted octanol–water partition coefficient (Wildman–Crippen LogP) is 0.951. The monoisotopic (exact) mass is 509 g/mol. The van der Waals surface area contributed by atoms with Crippen molar-refractivity contribution in [3.05, 3.63) is 42.4 Å². The summed E-state index contributed by atoms with van der Waals surface area (Å²) in [4.78, 5) is 39.6. The molecule has 1 aliphatic carbocycles. The number of aliphatic hydroxyl groups is 1. The molecule has 0 bridgehead atoms. The smallest absolute Gasteiger partial charge is 0.269 e. The number of alkyl halides is 1. The van der Waals surface area contributed by atoms with Gasteiger partial charge in [-0.2, -0.15) is 15.3 Å². The highest BCUT2D eigenvalue weighted by molar-refractivity contribution is 6.05. The van der Waals surface area contributed by atoms with E-state index in [1.165, 1.54) is 9.58 Å². The van der Waals surface area contributed by atoms with Crippen LogP contribution < -0.4 is 11.1 Å².